The summed E-state index contributed by atoms with van der Waals surface area (Å²) < 4.78 is 42.9. The fourth-order valence-corrected chi connectivity index (χ4v) is 7.48. The molecule has 2 aromatic carbocycles. The van der Waals surface area contributed by atoms with Gasteiger partial charge >= 0.3 is 5.69 Å². The zero-order valence-electron chi connectivity index (χ0n) is 28.7. The lowest BCUT2D eigenvalue weighted by molar-refractivity contribution is 0.0808. The van der Waals surface area contributed by atoms with Crippen LogP contribution in [0.25, 0.3) is 28.0 Å². The maximum Gasteiger partial charge on any atom is 0.354 e. The van der Waals surface area contributed by atoms with Crippen LogP contribution in [0.1, 0.15) is 76.5 Å². The van der Waals surface area contributed by atoms with Gasteiger partial charge in [-0.25, -0.2) is 22.3 Å². The predicted octanol–water partition coefficient (Wildman–Crippen LogP) is 6.36. The van der Waals surface area contributed by atoms with Gasteiger partial charge in [-0.3, -0.25) is 14.5 Å². The molecule has 10 nitrogen and oxygen atoms in total. The molecule has 3 heterocycles. The van der Waals surface area contributed by atoms with Gasteiger partial charge in [0.05, 0.1) is 28.5 Å². The maximum absolute atomic E-state index is 15.2. The molecule has 2 unspecified atom stereocenters. The van der Waals surface area contributed by atoms with Gasteiger partial charge < -0.3 is 10.7 Å². The van der Waals surface area contributed by atoms with Crippen molar-refractivity contribution in [3.63, 3.8) is 0 Å². The number of halogens is 2. The Morgan fingerprint density at radius 2 is 1.96 bits per heavy atom. The van der Waals surface area contributed by atoms with Crippen molar-refractivity contribution in [2.24, 2.45) is 16.6 Å². The molecule has 0 aliphatic carbocycles. The molecule has 1 aliphatic heterocycles. The summed E-state index contributed by atoms with van der Waals surface area (Å²) in [5, 5.41) is 0.728. The molecule has 4 N–H and O–H groups in total. The minimum absolute atomic E-state index is 0.0667. The summed E-state index contributed by atoms with van der Waals surface area (Å²) in [6.45, 7) is 7.60. The number of amidine groups is 1. The number of fused-ring (bicyclic) bond motifs is 1. The summed E-state index contributed by atoms with van der Waals surface area (Å²) in [7, 11) is -3.32. The summed E-state index contributed by atoms with van der Waals surface area (Å²) in [4.78, 5) is 27.4. The highest BCUT2D eigenvalue weighted by atomic mass is 35.5. The van der Waals surface area contributed by atoms with Gasteiger partial charge in [0.1, 0.15) is 5.65 Å². The number of benzene rings is 2. The van der Waals surface area contributed by atoms with Crippen LogP contribution >= 0.6 is 11.6 Å². The van der Waals surface area contributed by atoms with Crippen LogP contribution in [0.2, 0.25) is 5.02 Å². The maximum atomic E-state index is 15.2. The highest BCUT2D eigenvalue weighted by Gasteiger charge is 2.31. The van der Waals surface area contributed by atoms with E-state index in [0.717, 1.165) is 56.1 Å². The fourth-order valence-electron chi connectivity index (χ4n) is 6.77. The number of nitrogens with one attached hydrogen (secondary N) is 2. The first kappa shape index (κ1) is 36.7. The van der Waals surface area contributed by atoms with Crippen LogP contribution in [0.5, 0.6) is 0 Å². The van der Waals surface area contributed by atoms with Crippen molar-refractivity contribution >= 4 is 38.5 Å². The number of rotatable bonds is 14. The number of likely N-dealkylation sites (tertiary alicyclic amines) is 1. The zero-order valence-corrected chi connectivity index (χ0v) is 30.2. The molecule has 0 bridgehead atoms. The van der Waals surface area contributed by atoms with E-state index in [1.54, 1.807) is 25.3 Å². The molecule has 1 fully saturated rings. The Labute approximate surface area is 293 Å². The van der Waals surface area contributed by atoms with Gasteiger partial charge in [0.15, 0.2) is 5.82 Å². The molecule has 0 spiro atoms. The van der Waals surface area contributed by atoms with Gasteiger partial charge in [0, 0.05) is 48.9 Å². The Hall–Kier alpha value is -3.58. The molecule has 5 rings (SSSR count). The monoisotopic (exact) mass is 711 g/mol. The van der Waals surface area contributed by atoms with Gasteiger partial charge in [-0.15, -0.1) is 0 Å². The summed E-state index contributed by atoms with van der Waals surface area (Å²) >= 11 is 6.30. The van der Waals surface area contributed by atoms with Crippen molar-refractivity contribution in [3.8, 4) is 16.9 Å². The number of aliphatic imine (C=N–C) groups is 1. The Balaban J connectivity index is 1.39. The number of nitrogens with two attached hydrogens (primary N) is 1. The molecule has 4 aromatic rings. The van der Waals surface area contributed by atoms with E-state index in [1.165, 1.54) is 10.8 Å². The lowest BCUT2D eigenvalue weighted by atomic mass is 9.89. The van der Waals surface area contributed by atoms with Crippen LogP contribution in [-0.4, -0.2) is 65.6 Å². The molecule has 0 amide bonds. The first-order chi connectivity index (χ1) is 23.3. The topological polar surface area (TPSA) is 138 Å². The summed E-state index contributed by atoms with van der Waals surface area (Å²) in [6, 6.07) is 13.4. The molecular weight excluding hydrogens is 665 g/mol. The van der Waals surface area contributed by atoms with Crippen LogP contribution in [0, 0.1) is 11.7 Å². The second kappa shape index (κ2) is 16.0. The number of aromatic amines is 1. The predicted molar refractivity (Wildman–Crippen MR) is 197 cm³/mol. The Morgan fingerprint density at radius 3 is 2.65 bits per heavy atom. The van der Waals surface area contributed by atoms with Crippen LogP contribution in [0.15, 0.2) is 58.4 Å². The molecule has 49 heavy (non-hydrogen) atoms. The van der Waals surface area contributed by atoms with E-state index in [1.807, 2.05) is 30.3 Å². The third-order valence-electron chi connectivity index (χ3n) is 9.13. The first-order valence-electron chi connectivity index (χ1n) is 17.0. The van der Waals surface area contributed by atoms with E-state index in [9.17, 15) is 13.2 Å². The number of hydrogen-bond acceptors (Lipinski definition) is 6. The minimum atomic E-state index is -3.32. The lowest BCUT2D eigenvalue weighted by Gasteiger charge is -2.42. The molecule has 13 heteroatoms. The number of sulfonamides is 1. The molecule has 2 atom stereocenters. The van der Waals surface area contributed by atoms with Gasteiger partial charge in [-0.1, -0.05) is 44.0 Å². The number of nitrogens with zero attached hydrogens (tertiary/aromatic N) is 4. The molecule has 1 saturated heterocycles. The van der Waals surface area contributed by atoms with Crippen LogP contribution in [-0.2, 0) is 16.4 Å². The standard InChI is InChI=1S/C36H47ClFN7O3S/c1-23(2)7-5-8-25-19-30(34(38)31(37)20-25)32-21-27-22-45(36(46)43-35(27)42-32)29-13-11-26(12-14-29)33-10-6-9-28(15-16-40-24(3)39)44(33)18-17-41-49(4,47)48/h11-14,19-23,28,33,41H,5-10,15-18H2,1-4H3,(H2,39,40)(H,42,43,46). The minimum Gasteiger partial charge on any atom is -0.388 e. The van der Waals surface area contributed by atoms with Crippen molar-refractivity contribution < 1.29 is 12.8 Å². The average Bonchev–Trinajstić information content (AvgIpc) is 3.44. The normalized spacial score (nSPS) is 17.7. The Bertz CT molecular complexity index is 1950. The highest BCUT2D eigenvalue weighted by molar-refractivity contribution is 7.88. The summed E-state index contributed by atoms with van der Waals surface area (Å²) in [5.41, 5.74) is 9.22. The van der Waals surface area contributed by atoms with Crippen molar-refractivity contribution in [3.05, 3.63) is 81.1 Å². The Kier molecular flexibility index (Phi) is 12.0. The van der Waals surface area contributed by atoms with Crippen LogP contribution in [0.3, 0.4) is 0 Å². The van der Waals surface area contributed by atoms with E-state index >= 15 is 4.39 Å². The number of piperidine rings is 1. The molecular formula is C36H47ClFN7O3S. The molecule has 0 radical (unpaired) electrons. The average molecular weight is 712 g/mol. The number of aromatic nitrogens is 3. The van der Waals surface area contributed by atoms with Crippen molar-refractivity contribution in [1.82, 2.24) is 24.2 Å². The van der Waals surface area contributed by atoms with Crippen molar-refractivity contribution in [1.29, 1.82) is 0 Å². The van der Waals surface area contributed by atoms with E-state index in [4.69, 9.17) is 17.3 Å². The lowest BCUT2D eigenvalue weighted by Crippen LogP contribution is -2.45. The summed E-state index contributed by atoms with van der Waals surface area (Å²) in [6.07, 6.45) is 9.49. The smallest absolute Gasteiger partial charge is 0.354 e. The van der Waals surface area contributed by atoms with Gasteiger partial charge in [0.2, 0.25) is 10.0 Å². The van der Waals surface area contributed by atoms with E-state index in [2.05, 4.69) is 38.4 Å². The number of aryl methyl sites for hydroxylation is 1. The van der Waals surface area contributed by atoms with Crippen molar-refractivity contribution in [2.75, 3.05) is 25.9 Å². The SMILES string of the molecule is CC(N)=NCCC1CCCC(c2ccc(-n3cc4cc(-c5cc(CCCC(C)C)cc(Cl)c5F)[nH]c4nc3=O)cc2)N1CCNS(C)(=O)=O. The number of hydrogen-bond donors (Lipinski definition) is 3. The third-order valence-corrected chi connectivity index (χ3v) is 10.1. The third kappa shape index (κ3) is 9.56. The van der Waals surface area contributed by atoms with E-state index in [-0.39, 0.29) is 17.1 Å². The molecule has 1 aliphatic rings. The second-order valence-corrected chi connectivity index (χ2v) is 15.8. The molecule has 0 saturated carbocycles. The molecule has 2 aromatic heterocycles. The van der Waals surface area contributed by atoms with Crippen LogP contribution < -0.4 is 16.1 Å². The quantitative estimate of drug-likeness (QED) is 0.103. The zero-order chi connectivity index (χ0) is 35.3. The van der Waals surface area contributed by atoms with Crippen LogP contribution in [0.4, 0.5) is 4.39 Å². The van der Waals surface area contributed by atoms with Gasteiger partial charge in [-0.05, 0) is 92.8 Å². The van der Waals surface area contributed by atoms with E-state index in [0.29, 0.717) is 59.4 Å². The number of H-pyrrole nitrogens is 1. The largest absolute Gasteiger partial charge is 0.388 e. The Morgan fingerprint density at radius 1 is 1.20 bits per heavy atom. The first-order valence-corrected chi connectivity index (χ1v) is 19.2. The second-order valence-electron chi connectivity index (χ2n) is 13.5. The van der Waals surface area contributed by atoms with Gasteiger partial charge in [0.25, 0.3) is 0 Å². The van der Waals surface area contributed by atoms with Crippen molar-refractivity contribution in [2.45, 2.75) is 77.8 Å². The summed E-state index contributed by atoms with van der Waals surface area (Å²) in [5.74, 6) is 0.617. The fraction of sp³-hybridized carbons (Fsp3) is 0.472. The highest BCUT2D eigenvalue weighted by Crippen LogP contribution is 2.36. The van der Waals surface area contributed by atoms with Gasteiger partial charge in [-0.2, -0.15) is 4.98 Å². The van der Waals surface area contributed by atoms with E-state index < -0.39 is 21.5 Å². The molecule has 264 valence electrons.